The summed E-state index contributed by atoms with van der Waals surface area (Å²) in [5.74, 6) is 0.251. The maximum atomic E-state index is 11.3. The Morgan fingerprint density at radius 2 is 2.08 bits per heavy atom. The minimum atomic E-state index is -1.09. The van der Waals surface area contributed by atoms with Crippen LogP contribution >= 0.6 is 0 Å². The zero-order valence-electron chi connectivity index (χ0n) is 6.38. The molecule has 0 aliphatic carbocycles. The van der Waals surface area contributed by atoms with Gasteiger partial charge in [0, 0.05) is 4.90 Å². The summed E-state index contributed by atoms with van der Waals surface area (Å²) >= 11 is 0. The summed E-state index contributed by atoms with van der Waals surface area (Å²) in [6.45, 7) is 0. The highest BCUT2D eigenvalue weighted by Crippen LogP contribution is 2.03. The standard InChI is InChI=1S/C8H9NO2S/c10-9-6-7-12(11)8-4-2-1-3-5-8/h1-6,10H,7H2/b9-6+. The quantitative estimate of drug-likeness (QED) is 0.435. The van der Waals surface area contributed by atoms with E-state index >= 15 is 0 Å². The monoisotopic (exact) mass is 183 g/mol. The lowest BCUT2D eigenvalue weighted by atomic mass is 10.4. The van der Waals surface area contributed by atoms with Crippen molar-refractivity contribution in [3.63, 3.8) is 0 Å². The van der Waals surface area contributed by atoms with Gasteiger partial charge in [-0.1, -0.05) is 18.2 Å². The average Bonchev–Trinajstić information content (AvgIpc) is 2.15. The van der Waals surface area contributed by atoms with Gasteiger partial charge in [-0.2, -0.15) is 0 Å². The van der Waals surface area contributed by atoms with Gasteiger partial charge >= 0.3 is 0 Å². The van der Waals surface area contributed by atoms with Crippen molar-refractivity contribution >= 4 is 17.0 Å². The van der Waals surface area contributed by atoms with Crippen molar-refractivity contribution in [3.05, 3.63) is 30.3 Å². The molecule has 12 heavy (non-hydrogen) atoms. The van der Waals surface area contributed by atoms with Crippen molar-refractivity contribution in [2.45, 2.75) is 4.90 Å². The van der Waals surface area contributed by atoms with E-state index in [4.69, 9.17) is 5.21 Å². The van der Waals surface area contributed by atoms with Gasteiger partial charge < -0.3 is 5.21 Å². The first-order valence-corrected chi connectivity index (χ1v) is 4.76. The Balaban J connectivity index is 2.66. The number of rotatable bonds is 3. The van der Waals surface area contributed by atoms with Gasteiger partial charge in [-0.05, 0) is 12.1 Å². The lowest BCUT2D eigenvalue weighted by Crippen LogP contribution is -1.98. The number of oxime groups is 1. The summed E-state index contributed by atoms with van der Waals surface area (Å²) in [5, 5.41) is 10.9. The molecule has 1 aromatic carbocycles. The van der Waals surface area contributed by atoms with Gasteiger partial charge in [-0.25, -0.2) is 0 Å². The van der Waals surface area contributed by atoms with Gasteiger partial charge in [0.15, 0.2) is 0 Å². The predicted octanol–water partition coefficient (Wildman–Crippen LogP) is 1.25. The predicted molar refractivity (Wildman–Crippen MR) is 48.0 cm³/mol. The van der Waals surface area contributed by atoms with E-state index in [1.165, 1.54) is 6.21 Å². The molecular weight excluding hydrogens is 174 g/mol. The molecule has 0 saturated heterocycles. The highest BCUT2D eigenvalue weighted by atomic mass is 32.2. The van der Waals surface area contributed by atoms with Crippen LogP contribution in [0.4, 0.5) is 0 Å². The van der Waals surface area contributed by atoms with E-state index in [2.05, 4.69) is 5.16 Å². The highest BCUT2D eigenvalue weighted by molar-refractivity contribution is 7.85. The van der Waals surface area contributed by atoms with E-state index in [1.54, 1.807) is 12.1 Å². The molecule has 1 aromatic rings. The molecule has 1 rings (SSSR count). The summed E-state index contributed by atoms with van der Waals surface area (Å²) in [4.78, 5) is 0.748. The van der Waals surface area contributed by atoms with Crippen LogP contribution in [0, 0.1) is 0 Å². The Labute approximate surface area is 73.2 Å². The maximum Gasteiger partial charge on any atom is 0.0669 e. The van der Waals surface area contributed by atoms with Crippen LogP contribution in [0.15, 0.2) is 40.4 Å². The first kappa shape index (κ1) is 8.93. The van der Waals surface area contributed by atoms with Gasteiger partial charge in [0.2, 0.25) is 0 Å². The van der Waals surface area contributed by atoms with E-state index in [0.29, 0.717) is 0 Å². The van der Waals surface area contributed by atoms with Gasteiger partial charge in [0.1, 0.15) is 0 Å². The van der Waals surface area contributed by atoms with Crippen molar-refractivity contribution in [1.29, 1.82) is 0 Å². The van der Waals surface area contributed by atoms with Crippen molar-refractivity contribution in [2.24, 2.45) is 5.16 Å². The summed E-state index contributed by atoms with van der Waals surface area (Å²) in [7, 11) is -1.09. The average molecular weight is 183 g/mol. The molecule has 0 aliphatic rings. The number of hydrogen-bond acceptors (Lipinski definition) is 3. The molecule has 0 aromatic heterocycles. The Bertz CT molecular complexity index is 284. The van der Waals surface area contributed by atoms with Crippen LogP contribution in [0.5, 0.6) is 0 Å². The molecule has 1 atom stereocenters. The summed E-state index contributed by atoms with van der Waals surface area (Å²) < 4.78 is 11.3. The maximum absolute atomic E-state index is 11.3. The smallest absolute Gasteiger partial charge is 0.0669 e. The van der Waals surface area contributed by atoms with Crippen molar-refractivity contribution in [1.82, 2.24) is 0 Å². The zero-order valence-corrected chi connectivity index (χ0v) is 7.20. The molecule has 0 saturated carbocycles. The lowest BCUT2D eigenvalue weighted by molar-refractivity contribution is 0.321. The van der Waals surface area contributed by atoms with E-state index in [9.17, 15) is 4.21 Å². The summed E-state index contributed by atoms with van der Waals surface area (Å²) in [6, 6.07) is 9.07. The zero-order chi connectivity index (χ0) is 8.81. The first-order valence-electron chi connectivity index (χ1n) is 3.44. The minimum absolute atomic E-state index is 0.251. The summed E-state index contributed by atoms with van der Waals surface area (Å²) in [5.41, 5.74) is 0. The van der Waals surface area contributed by atoms with E-state index in [-0.39, 0.29) is 5.75 Å². The normalized spacial score (nSPS) is 13.3. The van der Waals surface area contributed by atoms with Crippen LogP contribution in [0.3, 0.4) is 0 Å². The molecule has 4 heteroatoms. The second kappa shape index (κ2) is 4.66. The van der Waals surface area contributed by atoms with Gasteiger partial charge in [0.05, 0.1) is 22.8 Å². The number of hydrogen-bond donors (Lipinski definition) is 1. The molecule has 0 spiro atoms. The van der Waals surface area contributed by atoms with Crippen molar-refractivity contribution in [3.8, 4) is 0 Å². The Morgan fingerprint density at radius 1 is 1.42 bits per heavy atom. The molecule has 1 N–H and O–H groups in total. The number of benzene rings is 1. The molecule has 0 aliphatic heterocycles. The molecule has 3 nitrogen and oxygen atoms in total. The molecule has 0 heterocycles. The van der Waals surface area contributed by atoms with E-state index in [0.717, 1.165) is 4.90 Å². The van der Waals surface area contributed by atoms with Crippen LogP contribution in [0.2, 0.25) is 0 Å². The molecule has 1 unspecified atom stereocenters. The molecule has 0 bridgehead atoms. The van der Waals surface area contributed by atoms with Crippen LogP contribution in [-0.4, -0.2) is 21.4 Å². The molecular formula is C8H9NO2S. The lowest BCUT2D eigenvalue weighted by Gasteiger charge is -1.95. The van der Waals surface area contributed by atoms with E-state index < -0.39 is 10.8 Å². The topological polar surface area (TPSA) is 49.7 Å². The molecule has 0 amide bonds. The van der Waals surface area contributed by atoms with Crippen molar-refractivity contribution in [2.75, 3.05) is 5.75 Å². The molecule has 64 valence electrons. The largest absolute Gasteiger partial charge is 0.411 e. The Morgan fingerprint density at radius 3 is 2.67 bits per heavy atom. The van der Waals surface area contributed by atoms with Crippen LogP contribution in [0.1, 0.15) is 0 Å². The second-order valence-electron chi connectivity index (χ2n) is 2.12. The van der Waals surface area contributed by atoms with Gasteiger partial charge in [-0.15, -0.1) is 5.16 Å². The number of nitrogens with zero attached hydrogens (tertiary/aromatic N) is 1. The van der Waals surface area contributed by atoms with Crippen molar-refractivity contribution < 1.29 is 9.42 Å². The molecule has 0 radical (unpaired) electrons. The SMILES string of the molecule is O=S(C/C=N/O)c1ccccc1. The minimum Gasteiger partial charge on any atom is -0.411 e. The highest BCUT2D eigenvalue weighted by Gasteiger charge is 1.99. The third kappa shape index (κ3) is 2.47. The fourth-order valence-electron chi connectivity index (χ4n) is 0.770. The molecule has 0 fully saturated rings. The van der Waals surface area contributed by atoms with Gasteiger partial charge in [-0.3, -0.25) is 4.21 Å². The summed E-state index contributed by atoms with van der Waals surface area (Å²) in [6.07, 6.45) is 1.23. The first-order chi connectivity index (χ1) is 5.84. The van der Waals surface area contributed by atoms with E-state index in [1.807, 2.05) is 18.2 Å². The second-order valence-corrected chi connectivity index (χ2v) is 3.62. The van der Waals surface area contributed by atoms with Gasteiger partial charge in [0.25, 0.3) is 0 Å². The Kier molecular flexibility index (Phi) is 3.47. The fraction of sp³-hybridized carbons (Fsp3) is 0.125. The van der Waals surface area contributed by atoms with Crippen LogP contribution in [-0.2, 0) is 10.8 Å². The fourth-order valence-corrected chi connectivity index (χ4v) is 1.62. The third-order valence-corrected chi connectivity index (χ3v) is 2.56. The van der Waals surface area contributed by atoms with Crippen LogP contribution in [0.25, 0.3) is 0 Å². The van der Waals surface area contributed by atoms with Crippen LogP contribution < -0.4 is 0 Å². The third-order valence-electron chi connectivity index (χ3n) is 1.31. The Hall–Kier alpha value is -1.16.